The van der Waals surface area contributed by atoms with Gasteiger partial charge in [0.25, 0.3) is 0 Å². The van der Waals surface area contributed by atoms with Gasteiger partial charge in [-0.25, -0.2) is 9.78 Å². The van der Waals surface area contributed by atoms with Crippen LogP contribution < -0.4 is 9.80 Å². The van der Waals surface area contributed by atoms with Crippen molar-refractivity contribution >= 4 is 23.5 Å². The van der Waals surface area contributed by atoms with Gasteiger partial charge >= 0.3 is 6.09 Å². The fourth-order valence-corrected chi connectivity index (χ4v) is 5.48. The molecule has 0 atom stereocenters. The lowest BCUT2D eigenvalue weighted by Gasteiger charge is -2.40. The number of aliphatic hydroxyl groups is 1. The van der Waals surface area contributed by atoms with Crippen molar-refractivity contribution in [1.29, 1.82) is 0 Å². The smallest absolute Gasteiger partial charge is 0.411 e. The summed E-state index contributed by atoms with van der Waals surface area (Å²) in [6, 6.07) is 3.99. The van der Waals surface area contributed by atoms with Crippen molar-refractivity contribution in [3.8, 4) is 0 Å². The Kier molecular flexibility index (Phi) is 6.36. The summed E-state index contributed by atoms with van der Waals surface area (Å²) in [4.78, 5) is 34.9. The second kappa shape index (κ2) is 9.02. The fraction of sp³-hybridized carbons (Fsp3) is 0.696. The van der Waals surface area contributed by atoms with E-state index in [0.717, 1.165) is 76.8 Å². The van der Waals surface area contributed by atoms with Gasteiger partial charge in [0.15, 0.2) is 0 Å². The molecule has 3 aliphatic rings. The lowest BCUT2D eigenvalue weighted by Crippen LogP contribution is -2.47. The summed E-state index contributed by atoms with van der Waals surface area (Å²) < 4.78 is 0. The summed E-state index contributed by atoms with van der Waals surface area (Å²) in [5, 5.41) is 19.2. The van der Waals surface area contributed by atoms with Gasteiger partial charge in [0.2, 0.25) is 5.91 Å². The van der Waals surface area contributed by atoms with Crippen LogP contribution in [-0.2, 0) is 4.79 Å². The molecule has 0 aromatic carbocycles. The zero-order valence-electron chi connectivity index (χ0n) is 18.4. The Labute approximate surface area is 183 Å². The van der Waals surface area contributed by atoms with E-state index in [1.54, 1.807) is 6.20 Å². The Morgan fingerprint density at radius 1 is 1.16 bits per heavy atom. The summed E-state index contributed by atoms with van der Waals surface area (Å²) in [5.74, 6) is 1.15. The molecule has 0 radical (unpaired) electrons. The highest BCUT2D eigenvalue weighted by atomic mass is 16.4. The Bertz CT molecular complexity index is 783. The number of carboxylic acid groups (broad SMARTS) is 1. The maximum Gasteiger partial charge on any atom is 0.411 e. The van der Waals surface area contributed by atoms with Gasteiger partial charge in [-0.05, 0) is 63.5 Å². The number of pyridine rings is 1. The molecule has 4 rings (SSSR count). The molecule has 2 N–H and O–H groups in total. The third-order valence-corrected chi connectivity index (χ3v) is 7.42. The second-order valence-corrected chi connectivity index (χ2v) is 9.29. The largest absolute Gasteiger partial charge is 0.465 e. The average Bonchev–Trinajstić information content (AvgIpc) is 3.09. The molecule has 1 aliphatic carbocycles. The summed E-state index contributed by atoms with van der Waals surface area (Å²) in [6.07, 6.45) is 7.23. The number of carbonyl (C=O) groups is 2. The standard InChI is InChI=1S/C23H34N4O4/c1-2-12-27(22(30)31)18-5-8-20(24-16-18)25-13-9-23(10-14-25)11-15-26(21(23)29)17-3-6-19(28)7-4-17/h5,8,16-17,19,28H,2-4,6-7,9-15H2,1H3,(H,30,31). The third kappa shape index (κ3) is 4.35. The SMILES string of the molecule is CCCN(C(=O)O)c1ccc(N2CCC3(CC2)CCN(C2CCC(O)CC2)C3=O)nc1. The van der Waals surface area contributed by atoms with Crippen LogP contribution in [0.4, 0.5) is 16.3 Å². The van der Waals surface area contributed by atoms with Crippen molar-refractivity contribution in [3.05, 3.63) is 18.3 Å². The van der Waals surface area contributed by atoms with E-state index < -0.39 is 6.09 Å². The summed E-state index contributed by atoms with van der Waals surface area (Å²) in [5.41, 5.74) is 0.346. The van der Waals surface area contributed by atoms with Crippen LogP contribution in [0.15, 0.2) is 18.3 Å². The predicted octanol–water partition coefficient (Wildman–Crippen LogP) is 3.10. The Hall–Kier alpha value is -2.35. The number of amides is 2. The van der Waals surface area contributed by atoms with Crippen LogP contribution in [0.1, 0.15) is 58.3 Å². The number of likely N-dealkylation sites (tertiary alicyclic amines) is 1. The van der Waals surface area contributed by atoms with E-state index in [4.69, 9.17) is 0 Å². The molecule has 8 heteroatoms. The summed E-state index contributed by atoms with van der Waals surface area (Å²) in [7, 11) is 0. The van der Waals surface area contributed by atoms with E-state index in [1.165, 1.54) is 4.90 Å². The monoisotopic (exact) mass is 430 g/mol. The zero-order valence-corrected chi connectivity index (χ0v) is 18.4. The maximum absolute atomic E-state index is 13.3. The van der Waals surface area contributed by atoms with Crippen LogP contribution in [-0.4, -0.2) is 70.4 Å². The van der Waals surface area contributed by atoms with E-state index in [9.17, 15) is 19.8 Å². The van der Waals surface area contributed by atoms with Crippen LogP contribution >= 0.6 is 0 Å². The molecular formula is C23H34N4O4. The molecule has 2 aliphatic heterocycles. The van der Waals surface area contributed by atoms with Crippen molar-refractivity contribution in [2.75, 3.05) is 36.0 Å². The Balaban J connectivity index is 1.36. The van der Waals surface area contributed by atoms with Crippen LogP contribution in [0.5, 0.6) is 0 Å². The summed E-state index contributed by atoms with van der Waals surface area (Å²) in [6.45, 7) is 4.81. The maximum atomic E-state index is 13.3. The molecule has 31 heavy (non-hydrogen) atoms. The molecule has 1 aromatic rings. The second-order valence-electron chi connectivity index (χ2n) is 9.29. The van der Waals surface area contributed by atoms with Gasteiger partial charge in [0.1, 0.15) is 5.82 Å². The number of carbonyl (C=O) groups excluding carboxylic acids is 1. The number of rotatable bonds is 5. The summed E-state index contributed by atoms with van der Waals surface area (Å²) >= 11 is 0. The lowest BCUT2D eigenvalue weighted by atomic mass is 9.77. The minimum atomic E-state index is -0.965. The van der Waals surface area contributed by atoms with Gasteiger partial charge in [-0.2, -0.15) is 0 Å². The molecule has 3 fully saturated rings. The number of nitrogens with zero attached hydrogens (tertiary/aromatic N) is 4. The molecule has 2 amide bonds. The van der Waals surface area contributed by atoms with E-state index in [-0.39, 0.29) is 11.5 Å². The third-order valence-electron chi connectivity index (χ3n) is 7.42. The fourth-order valence-electron chi connectivity index (χ4n) is 5.48. The van der Waals surface area contributed by atoms with E-state index in [2.05, 4.69) is 14.8 Å². The number of aliphatic hydroxyl groups excluding tert-OH is 1. The van der Waals surface area contributed by atoms with E-state index in [0.29, 0.717) is 24.2 Å². The minimum absolute atomic E-state index is 0.199. The molecule has 1 saturated carbocycles. The predicted molar refractivity (Wildman–Crippen MR) is 118 cm³/mol. The zero-order chi connectivity index (χ0) is 22.0. The molecule has 8 nitrogen and oxygen atoms in total. The van der Waals surface area contributed by atoms with Gasteiger partial charge in [-0.3, -0.25) is 9.69 Å². The topological polar surface area (TPSA) is 97.2 Å². The first-order chi connectivity index (χ1) is 14.9. The number of anilines is 2. The Morgan fingerprint density at radius 3 is 2.42 bits per heavy atom. The molecule has 170 valence electrons. The van der Waals surface area contributed by atoms with E-state index >= 15 is 0 Å². The molecule has 0 unspecified atom stereocenters. The normalized spacial score (nSPS) is 25.8. The van der Waals surface area contributed by atoms with Gasteiger partial charge in [0.05, 0.1) is 23.4 Å². The van der Waals surface area contributed by atoms with Crippen LogP contribution in [0.25, 0.3) is 0 Å². The van der Waals surface area contributed by atoms with Gasteiger partial charge in [-0.15, -0.1) is 0 Å². The Morgan fingerprint density at radius 2 is 1.84 bits per heavy atom. The highest BCUT2D eigenvalue weighted by Gasteiger charge is 2.50. The van der Waals surface area contributed by atoms with Gasteiger partial charge in [0, 0.05) is 32.2 Å². The highest BCUT2D eigenvalue weighted by molar-refractivity contribution is 5.86. The van der Waals surface area contributed by atoms with Crippen LogP contribution in [0.2, 0.25) is 0 Å². The molecule has 3 heterocycles. The van der Waals surface area contributed by atoms with Crippen LogP contribution in [0, 0.1) is 5.41 Å². The van der Waals surface area contributed by atoms with Crippen molar-refractivity contribution in [2.45, 2.75) is 70.4 Å². The molecule has 1 aromatic heterocycles. The average molecular weight is 431 g/mol. The van der Waals surface area contributed by atoms with Crippen molar-refractivity contribution in [1.82, 2.24) is 9.88 Å². The van der Waals surface area contributed by atoms with Gasteiger partial charge in [-0.1, -0.05) is 6.92 Å². The van der Waals surface area contributed by atoms with Crippen molar-refractivity contribution in [2.24, 2.45) is 5.41 Å². The highest BCUT2D eigenvalue weighted by Crippen LogP contribution is 2.44. The first kappa shape index (κ1) is 21.9. The number of aromatic nitrogens is 1. The van der Waals surface area contributed by atoms with Gasteiger partial charge < -0.3 is 20.0 Å². The number of piperidine rings is 1. The first-order valence-electron chi connectivity index (χ1n) is 11.6. The lowest BCUT2D eigenvalue weighted by molar-refractivity contribution is -0.139. The molecule has 0 bridgehead atoms. The minimum Gasteiger partial charge on any atom is -0.465 e. The first-order valence-corrected chi connectivity index (χ1v) is 11.6. The number of hydrogen-bond acceptors (Lipinski definition) is 5. The molecule has 2 saturated heterocycles. The van der Waals surface area contributed by atoms with E-state index in [1.807, 2.05) is 19.1 Å². The van der Waals surface area contributed by atoms with Crippen LogP contribution in [0.3, 0.4) is 0 Å². The van der Waals surface area contributed by atoms with Crippen molar-refractivity contribution < 1.29 is 19.8 Å². The molecule has 1 spiro atoms. The quantitative estimate of drug-likeness (QED) is 0.745. The van der Waals surface area contributed by atoms with Crippen molar-refractivity contribution in [3.63, 3.8) is 0 Å². The molecular weight excluding hydrogens is 396 g/mol. The number of hydrogen-bond donors (Lipinski definition) is 2.